The van der Waals surface area contributed by atoms with Crippen LogP contribution in [0, 0.1) is 0 Å². The van der Waals surface area contributed by atoms with Crippen LogP contribution in [-0.4, -0.2) is 32.5 Å². The SMILES string of the molecule is CCOC(=O)c1cc2c(cn1)[nH]c1cccc(Oc3ncccn3)c12. The Morgan fingerprint density at radius 3 is 2.76 bits per heavy atom. The van der Waals surface area contributed by atoms with Crippen molar-refractivity contribution in [1.29, 1.82) is 0 Å². The number of fused-ring (bicyclic) bond motifs is 3. The first-order valence-corrected chi connectivity index (χ1v) is 7.78. The van der Waals surface area contributed by atoms with Crippen LogP contribution in [0.25, 0.3) is 21.8 Å². The summed E-state index contributed by atoms with van der Waals surface area (Å²) < 4.78 is 10.9. The minimum absolute atomic E-state index is 0.251. The fraction of sp³-hybridized carbons (Fsp3) is 0.111. The highest BCUT2D eigenvalue weighted by Crippen LogP contribution is 2.34. The van der Waals surface area contributed by atoms with E-state index < -0.39 is 5.97 Å². The Morgan fingerprint density at radius 1 is 1.12 bits per heavy atom. The van der Waals surface area contributed by atoms with Gasteiger partial charge >= 0.3 is 12.0 Å². The average Bonchev–Trinajstić information content (AvgIpc) is 3.01. The van der Waals surface area contributed by atoms with E-state index in [2.05, 4.69) is 19.9 Å². The van der Waals surface area contributed by atoms with Crippen molar-refractivity contribution in [2.75, 3.05) is 6.61 Å². The number of hydrogen-bond donors (Lipinski definition) is 1. The number of H-pyrrole nitrogens is 1. The van der Waals surface area contributed by atoms with Gasteiger partial charge in [-0.15, -0.1) is 0 Å². The van der Waals surface area contributed by atoms with Gasteiger partial charge in [-0.3, -0.25) is 0 Å². The third-order valence-electron chi connectivity index (χ3n) is 3.70. The van der Waals surface area contributed by atoms with E-state index in [4.69, 9.17) is 9.47 Å². The number of rotatable bonds is 4. The van der Waals surface area contributed by atoms with Gasteiger partial charge in [0.25, 0.3) is 0 Å². The van der Waals surface area contributed by atoms with Crippen LogP contribution in [0.3, 0.4) is 0 Å². The summed E-state index contributed by atoms with van der Waals surface area (Å²) in [6.45, 7) is 2.06. The second-order valence-electron chi connectivity index (χ2n) is 5.27. The van der Waals surface area contributed by atoms with Crippen LogP contribution in [0.1, 0.15) is 17.4 Å². The lowest BCUT2D eigenvalue weighted by Gasteiger charge is -2.05. The first kappa shape index (κ1) is 15.1. The van der Waals surface area contributed by atoms with Crippen molar-refractivity contribution in [1.82, 2.24) is 19.9 Å². The highest BCUT2D eigenvalue weighted by molar-refractivity contribution is 6.11. The molecule has 3 heterocycles. The Morgan fingerprint density at radius 2 is 1.96 bits per heavy atom. The third kappa shape index (κ3) is 2.76. The van der Waals surface area contributed by atoms with Gasteiger partial charge in [-0.25, -0.2) is 19.7 Å². The van der Waals surface area contributed by atoms with Crippen molar-refractivity contribution in [2.24, 2.45) is 0 Å². The summed E-state index contributed by atoms with van der Waals surface area (Å²) >= 11 is 0. The molecule has 0 radical (unpaired) electrons. The number of ether oxygens (including phenoxy) is 2. The molecule has 1 aromatic carbocycles. The van der Waals surface area contributed by atoms with Crippen LogP contribution >= 0.6 is 0 Å². The molecule has 0 aliphatic heterocycles. The molecule has 0 bridgehead atoms. The number of carbonyl (C=O) groups is 1. The summed E-state index contributed by atoms with van der Waals surface area (Å²) in [6.07, 6.45) is 4.84. The van der Waals surface area contributed by atoms with E-state index in [-0.39, 0.29) is 11.7 Å². The monoisotopic (exact) mass is 334 g/mol. The summed E-state index contributed by atoms with van der Waals surface area (Å²) in [5.74, 6) is 0.138. The number of nitrogens with zero attached hydrogens (tertiary/aromatic N) is 3. The molecule has 0 atom stereocenters. The number of aromatic amines is 1. The Balaban J connectivity index is 1.87. The maximum absolute atomic E-state index is 12.0. The van der Waals surface area contributed by atoms with Gasteiger partial charge in [0, 0.05) is 17.8 Å². The quantitative estimate of drug-likeness (QED) is 0.575. The molecule has 124 valence electrons. The molecule has 0 aliphatic rings. The van der Waals surface area contributed by atoms with Gasteiger partial charge in [0.2, 0.25) is 0 Å². The normalized spacial score (nSPS) is 10.9. The predicted octanol–water partition coefficient (Wildman–Crippen LogP) is 3.48. The Bertz CT molecular complexity index is 1060. The first-order valence-electron chi connectivity index (χ1n) is 7.78. The van der Waals surface area contributed by atoms with E-state index in [1.807, 2.05) is 18.2 Å². The van der Waals surface area contributed by atoms with E-state index in [1.165, 1.54) is 0 Å². The van der Waals surface area contributed by atoms with Crippen LogP contribution in [0.4, 0.5) is 0 Å². The molecule has 1 N–H and O–H groups in total. The van der Waals surface area contributed by atoms with Crippen molar-refractivity contribution in [3.63, 3.8) is 0 Å². The lowest BCUT2D eigenvalue weighted by molar-refractivity contribution is 0.0519. The summed E-state index contributed by atoms with van der Waals surface area (Å²) in [4.78, 5) is 27.6. The molecule has 3 aromatic heterocycles. The molecule has 7 nitrogen and oxygen atoms in total. The van der Waals surface area contributed by atoms with E-state index in [0.29, 0.717) is 12.4 Å². The van der Waals surface area contributed by atoms with Gasteiger partial charge in [0.1, 0.15) is 11.4 Å². The fourth-order valence-corrected chi connectivity index (χ4v) is 2.66. The molecule has 0 amide bonds. The standard InChI is InChI=1S/C18H14N4O3/c1-2-24-17(23)13-9-11-14(10-21-13)22-12-5-3-6-15(16(11)12)25-18-19-7-4-8-20-18/h3-10,22H,2H2,1H3. The zero-order valence-electron chi connectivity index (χ0n) is 13.4. The van der Waals surface area contributed by atoms with Gasteiger partial charge in [-0.1, -0.05) is 6.07 Å². The molecule has 4 rings (SSSR count). The fourth-order valence-electron chi connectivity index (χ4n) is 2.66. The number of nitrogens with one attached hydrogen (secondary N) is 1. The number of hydrogen-bond acceptors (Lipinski definition) is 6. The lowest BCUT2D eigenvalue weighted by atomic mass is 10.1. The highest BCUT2D eigenvalue weighted by atomic mass is 16.5. The molecule has 0 fully saturated rings. The second-order valence-corrected chi connectivity index (χ2v) is 5.27. The largest absolute Gasteiger partial charge is 0.461 e. The van der Waals surface area contributed by atoms with Crippen LogP contribution < -0.4 is 4.74 Å². The van der Waals surface area contributed by atoms with Crippen LogP contribution in [0.15, 0.2) is 48.9 Å². The number of benzene rings is 1. The number of esters is 1. The van der Waals surface area contributed by atoms with Gasteiger partial charge in [0.15, 0.2) is 0 Å². The van der Waals surface area contributed by atoms with E-state index in [0.717, 1.165) is 21.8 Å². The topological polar surface area (TPSA) is 90.0 Å². The minimum atomic E-state index is -0.455. The minimum Gasteiger partial charge on any atom is -0.461 e. The van der Waals surface area contributed by atoms with Gasteiger partial charge in [-0.05, 0) is 31.2 Å². The van der Waals surface area contributed by atoms with Crippen molar-refractivity contribution in [3.8, 4) is 11.8 Å². The number of aromatic nitrogens is 4. The van der Waals surface area contributed by atoms with Crippen molar-refractivity contribution < 1.29 is 14.3 Å². The predicted molar refractivity (Wildman–Crippen MR) is 91.7 cm³/mol. The average molecular weight is 334 g/mol. The van der Waals surface area contributed by atoms with Crippen LogP contribution in [0.5, 0.6) is 11.8 Å². The lowest BCUT2D eigenvalue weighted by Crippen LogP contribution is -2.06. The number of carbonyl (C=O) groups excluding carboxylic acids is 1. The van der Waals surface area contributed by atoms with Crippen molar-refractivity contribution in [3.05, 3.63) is 54.6 Å². The van der Waals surface area contributed by atoms with Crippen LogP contribution in [0.2, 0.25) is 0 Å². The molecule has 0 saturated heterocycles. The Hall–Kier alpha value is -3.48. The smallest absolute Gasteiger partial charge is 0.356 e. The zero-order valence-corrected chi connectivity index (χ0v) is 13.4. The molecular formula is C18H14N4O3. The Labute approximate surface area is 142 Å². The molecular weight excluding hydrogens is 320 g/mol. The number of pyridine rings is 1. The summed E-state index contributed by atoms with van der Waals surface area (Å²) in [7, 11) is 0. The van der Waals surface area contributed by atoms with Gasteiger partial charge in [-0.2, -0.15) is 0 Å². The first-order chi connectivity index (χ1) is 12.3. The molecule has 0 saturated carbocycles. The van der Waals surface area contributed by atoms with E-state index in [9.17, 15) is 4.79 Å². The van der Waals surface area contributed by atoms with Crippen molar-refractivity contribution in [2.45, 2.75) is 6.92 Å². The molecule has 0 unspecified atom stereocenters. The summed E-state index contributed by atoms with van der Waals surface area (Å²) in [5, 5.41) is 1.65. The Kier molecular flexibility index (Phi) is 3.74. The van der Waals surface area contributed by atoms with Crippen LogP contribution in [-0.2, 0) is 4.74 Å². The second kappa shape index (κ2) is 6.20. The summed E-state index contributed by atoms with van der Waals surface area (Å²) in [5.41, 5.74) is 1.92. The molecule has 7 heteroatoms. The highest BCUT2D eigenvalue weighted by Gasteiger charge is 2.15. The van der Waals surface area contributed by atoms with Gasteiger partial charge < -0.3 is 14.5 Å². The maximum atomic E-state index is 12.0. The maximum Gasteiger partial charge on any atom is 0.356 e. The molecule has 0 aliphatic carbocycles. The van der Waals surface area contributed by atoms with Gasteiger partial charge in [0.05, 0.1) is 29.2 Å². The third-order valence-corrected chi connectivity index (χ3v) is 3.70. The molecule has 4 aromatic rings. The summed E-state index contributed by atoms with van der Waals surface area (Å²) in [6, 6.07) is 9.30. The zero-order chi connectivity index (χ0) is 17.2. The molecule has 0 spiro atoms. The van der Waals surface area contributed by atoms with E-state index >= 15 is 0 Å². The van der Waals surface area contributed by atoms with E-state index in [1.54, 1.807) is 37.6 Å². The molecule has 25 heavy (non-hydrogen) atoms. The van der Waals surface area contributed by atoms with Crippen molar-refractivity contribution >= 4 is 27.8 Å².